The molecule has 2 nitrogen and oxygen atoms in total. The van der Waals surface area contributed by atoms with Crippen LogP contribution in [0.25, 0.3) is 0 Å². The highest BCUT2D eigenvalue weighted by molar-refractivity contribution is 5.47. The van der Waals surface area contributed by atoms with Crippen LogP contribution in [0.5, 0.6) is 0 Å². The summed E-state index contributed by atoms with van der Waals surface area (Å²) in [6.45, 7) is 9.04. The van der Waals surface area contributed by atoms with E-state index in [4.69, 9.17) is 0 Å². The largest absolute Gasteiger partial charge is 0.396 e. The van der Waals surface area contributed by atoms with Crippen molar-refractivity contribution in [3.63, 3.8) is 0 Å². The van der Waals surface area contributed by atoms with Gasteiger partial charge < -0.3 is 10.4 Å². The number of aryl methyl sites for hydroxylation is 2. The van der Waals surface area contributed by atoms with Gasteiger partial charge in [0, 0.05) is 11.5 Å². The maximum absolute atomic E-state index is 9.70. The van der Waals surface area contributed by atoms with Crippen LogP contribution in [-0.2, 0) is 0 Å². The molecule has 18 heavy (non-hydrogen) atoms. The number of nitrogens with one attached hydrogen (secondary N) is 1. The zero-order valence-corrected chi connectivity index (χ0v) is 12.2. The lowest BCUT2D eigenvalue weighted by atomic mass is 9.82. The molecule has 1 fully saturated rings. The quantitative estimate of drug-likeness (QED) is 0.857. The van der Waals surface area contributed by atoms with E-state index in [-0.39, 0.29) is 18.1 Å². The summed E-state index contributed by atoms with van der Waals surface area (Å²) in [6.07, 6.45) is 2.25. The predicted octanol–water partition coefficient (Wildman–Crippen LogP) is 2.95. The fourth-order valence-corrected chi connectivity index (χ4v) is 3.14. The van der Waals surface area contributed by atoms with Crippen LogP contribution in [0.15, 0.2) is 6.07 Å². The molecule has 2 rings (SSSR count). The minimum atomic E-state index is 0.0739. The highest BCUT2D eigenvalue weighted by Crippen LogP contribution is 2.55. The van der Waals surface area contributed by atoms with E-state index in [2.05, 4.69) is 39.1 Å². The number of aliphatic hydroxyl groups excluding tert-OH is 1. The molecule has 1 atom stereocenters. The van der Waals surface area contributed by atoms with Crippen LogP contribution in [0.2, 0.25) is 0 Å². The molecule has 0 aromatic heterocycles. The van der Waals surface area contributed by atoms with E-state index >= 15 is 0 Å². The molecule has 1 aromatic rings. The Morgan fingerprint density at radius 2 is 1.67 bits per heavy atom. The van der Waals surface area contributed by atoms with Crippen molar-refractivity contribution >= 4 is 0 Å². The third-order valence-corrected chi connectivity index (χ3v) is 4.82. The van der Waals surface area contributed by atoms with Crippen LogP contribution in [-0.4, -0.2) is 18.8 Å². The van der Waals surface area contributed by atoms with Gasteiger partial charge in [-0.3, -0.25) is 0 Å². The number of aliphatic hydroxyl groups is 1. The fraction of sp³-hybridized carbons (Fsp3) is 0.625. The lowest BCUT2D eigenvalue weighted by Crippen LogP contribution is -2.30. The first-order valence-corrected chi connectivity index (χ1v) is 6.82. The molecule has 1 saturated carbocycles. The van der Waals surface area contributed by atoms with Gasteiger partial charge in [-0.05, 0) is 75.4 Å². The van der Waals surface area contributed by atoms with Crippen LogP contribution in [0.4, 0.5) is 0 Å². The van der Waals surface area contributed by atoms with Crippen molar-refractivity contribution in [1.82, 2.24) is 5.32 Å². The van der Waals surface area contributed by atoms with Crippen molar-refractivity contribution in [3.8, 4) is 0 Å². The highest BCUT2D eigenvalue weighted by atomic mass is 16.3. The van der Waals surface area contributed by atoms with E-state index < -0.39 is 0 Å². The SMILES string of the molecule is CNC(c1c(C)c(C)cc(C)c1C)C1(CO)CC1. The molecule has 1 aliphatic carbocycles. The van der Waals surface area contributed by atoms with Gasteiger partial charge in [0.1, 0.15) is 0 Å². The zero-order valence-electron chi connectivity index (χ0n) is 12.2. The second-order valence-corrected chi connectivity index (χ2v) is 5.92. The molecule has 0 saturated heterocycles. The average Bonchev–Trinajstić information content (AvgIpc) is 3.13. The van der Waals surface area contributed by atoms with Gasteiger partial charge in [-0.15, -0.1) is 0 Å². The minimum Gasteiger partial charge on any atom is -0.396 e. The first-order valence-electron chi connectivity index (χ1n) is 6.82. The van der Waals surface area contributed by atoms with E-state index in [1.807, 2.05) is 7.05 Å². The Morgan fingerprint density at radius 3 is 2.00 bits per heavy atom. The molecular formula is C16H25NO. The van der Waals surface area contributed by atoms with Crippen LogP contribution < -0.4 is 5.32 Å². The number of hydrogen-bond acceptors (Lipinski definition) is 2. The van der Waals surface area contributed by atoms with Crippen LogP contribution >= 0.6 is 0 Å². The summed E-state index contributed by atoms with van der Waals surface area (Å²) in [5.74, 6) is 0. The summed E-state index contributed by atoms with van der Waals surface area (Å²) in [7, 11) is 2.01. The second kappa shape index (κ2) is 4.67. The maximum atomic E-state index is 9.70. The Hall–Kier alpha value is -0.860. The molecule has 0 spiro atoms. The molecule has 100 valence electrons. The van der Waals surface area contributed by atoms with Gasteiger partial charge in [-0.25, -0.2) is 0 Å². The standard InChI is InChI=1S/C16H25NO/c1-10-8-11(2)13(4)14(12(10)3)15(17-5)16(9-18)6-7-16/h8,15,17-18H,6-7,9H2,1-5H3. The van der Waals surface area contributed by atoms with Gasteiger partial charge >= 0.3 is 0 Å². The molecule has 2 N–H and O–H groups in total. The van der Waals surface area contributed by atoms with E-state index in [9.17, 15) is 5.11 Å². The highest BCUT2D eigenvalue weighted by Gasteiger charge is 2.49. The summed E-state index contributed by atoms with van der Waals surface area (Å²) in [4.78, 5) is 0. The third-order valence-electron chi connectivity index (χ3n) is 4.82. The first-order chi connectivity index (χ1) is 8.46. The van der Waals surface area contributed by atoms with Gasteiger partial charge in [-0.1, -0.05) is 6.07 Å². The molecule has 0 heterocycles. The van der Waals surface area contributed by atoms with Gasteiger partial charge in [0.25, 0.3) is 0 Å². The first kappa shape index (κ1) is 13.6. The molecule has 2 heteroatoms. The number of hydrogen-bond donors (Lipinski definition) is 2. The minimum absolute atomic E-state index is 0.0739. The molecule has 0 aliphatic heterocycles. The molecule has 0 bridgehead atoms. The molecule has 0 radical (unpaired) electrons. The van der Waals surface area contributed by atoms with Crippen LogP contribution in [0, 0.1) is 33.1 Å². The molecule has 0 amide bonds. The Bertz CT molecular complexity index is 434. The molecule has 1 unspecified atom stereocenters. The van der Waals surface area contributed by atoms with Gasteiger partial charge in [0.2, 0.25) is 0 Å². The van der Waals surface area contributed by atoms with Crippen molar-refractivity contribution in [3.05, 3.63) is 33.9 Å². The predicted molar refractivity (Wildman–Crippen MR) is 75.9 cm³/mol. The van der Waals surface area contributed by atoms with Crippen molar-refractivity contribution in [2.75, 3.05) is 13.7 Å². The summed E-state index contributed by atoms with van der Waals surface area (Å²) < 4.78 is 0. The Morgan fingerprint density at radius 1 is 1.17 bits per heavy atom. The zero-order chi connectivity index (χ0) is 13.5. The Balaban J connectivity index is 2.55. The lowest BCUT2D eigenvalue weighted by molar-refractivity contribution is 0.175. The third kappa shape index (κ3) is 1.98. The Kier molecular flexibility index (Phi) is 3.52. The number of benzene rings is 1. The monoisotopic (exact) mass is 247 g/mol. The van der Waals surface area contributed by atoms with Crippen molar-refractivity contribution < 1.29 is 5.11 Å². The van der Waals surface area contributed by atoms with Crippen molar-refractivity contribution in [2.24, 2.45) is 5.41 Å². The van der Waals surface area contributed by atoms with Crippen molar-refractivity contribution in [1.29, 1.82) is 0 Å². The van der Waals surface area contributed by atoms with E-state index in [0.29, 0.717) is 0 Å². The smallest absolute Gasteiger partial charge is 0.0505 e. The topological polar surface area (TPSA) is 32.3 Å². The molecular weight excluding hydrogens is 222 g/mol. The molecule has 1 aromatic carbocycles. The lowest BCUT2D eigenvalue weighted by Gasteiger charge is -2.30. The Labute approximate surface area is 110 Å². The van der Waals surface area contributed by atoms with Gasteiger partial charge in [0.05, 0.1) is 6.61 Å². The van der Waals surface area contributed by atoms with Crippen molar-refractivity contribution in [2.45, 2.75) is 46.6 Å². The van der Waals surface area contributed by atoms with E-state index in [1.54, 1.807) is 0 Å². The van der Waals surface area contributed by atoms with Crippen LogP contribution in [0.3, 0.4) is 0 Å². The second-order valence-electron chi connectivity index (χ2n) is 5.92. The summed E-state index contributed by atoms with van der Waals surface area (Å²) >= 11 is 0. The van der Waals surface area contributed by atoms with E-state index in [0.717, 1.165) is 12.8 Å². The molecule has 1 aliphatic rings. The fourth-order valence-electron chi connectivity index (χ4n) is 3.14. The van der Waals surface area contributed by atoms with Crippen LogP contribution in [0.1, 0.15) is 46.7 Å². The summed E-state index contributed by atoms with van der Waals surface area (Å²) in [6, 6.07) is 2.54. The van der Waals surface area contributed by atoms with E-state index in [1.165, 1.54) is 27.8 Å². The average molecular weight is 247 g/mol. The summed E-state index contributed by atoms with van der Waals surface area (Å²) in [5, 5.41) is 13.1. The number of rotatable bonds is 4. The van der Waals surface area contributed by atoms with Gasteiger partial charge in [-0.2, -0.15) is 0 Å². The van der Waals surface area contributed by atoms with Gasteiger partial charge in [0.15, 0.2) is 0 Å². The maximum Gasteiger partial charge on any atom is 0.0505 e. The summed E-state index contributed by atoms with van der Waals surface area (Å²) in [5.41, 5.74) is 6.92. The normalized spacial score (nSPS) is 18.8.